The van der Waals surface area contributed by atoms with Gasteiger partial charge in [-0.1, -0.05) is 18.2 Å². The summed E-state index contributed by atoms with van der Waals surface area (Å²) in [6.07, 6.45) is -0.757. The van der Waals surface area contributed by atoms with Crippen molar-refractivity contribution in [3.8, 4) is 0 Å². The molecule has 1 N–H and O–H groups in total. The zero-order valence-electron chi connectivity index (χ0n) is 12.0. The third-order valence-electron chi connectivity index (χ3n) is 3.82. The Kier molecular flexibility index (Phi) is 5.25. The number of rotatable bonds is 5. The molecular weight excluding hydrogens is 278 g/mol. The Morgan fingerprint density at radius 2 is 2.19 bits per heavy atom. The van der Waals surface area contributed by atoms with E-state index in [9.17, 15) is 18.7 Å². The van der Waals surface area contributed by atoms with Crippen molar-refractivity contribution in [3.05, 3.63) is 35.6 Å². The third kappa shape index (κ3) is 3.98. The lowest BCUT2D eigenvalue weighted by Gasteiger charge is -2.25. The van der Waals surface area contributed by atoms with Crippen LogP contribution in [-0.4, -0.2) is 59.8 Å². The Labute approximate surface area is 123 Å². The highest BCUT2D eigenvalue weighted by molar-refractivity contribution is 5.78. The lowest BCUT2D eigenvalue weighted by atomic mass is 10.2. The first-order valence-electron chi connectivity index (χ1n) is 6.97. The molecule has 0 unspecified atom stereocenters. The van der Waals surface area contributed by atoms with E-state index in [2.05, 4.69) is 0 Å². The van der Waals surface area contributed by atoms with Crippen molar-refractivity contribution in [3.63, 3.8) is 0 Å². The molecular formula is C15H20F2N2O2. The van der Waals surface area contributed by atoms with Gasteiger partial charge in [-0.15, -0.1) is 0 Å². The summed E-state index contributed by atoms with van der Waals surface area (Å²) in [5.41, 5.74) is 0.442. The molecule has 0 spiro atoms. The minimum atomic E-state index is -1.01. The van der Waals surface area contributed by atoms with Gasteiger partial charge < -0.3 is 10.0 Å². The smallest absolute Gasteiger partial charge is 0.236 e. The number of aliphatic hydroxyl groups is 1. The summed E-state index contributed by atoms with van der Waals surface area (Å²) >= 11 is 0. The zero-order chi connectivity index (χ0) is 15.4. The molecule has 2 rings (SSSR count). The average molecular weight is 298 g/mol. The number of likely N-dealkylation sites (N-methyl/N-ethyl adjacent to an activating group) is 1. The van der Waals surface area contributed by atoms with Crippen LogP contribution in [0.4, 0.5) is 8.78 Å². The number of carbonyl (C=O) groups is 1. The van der Waals surface area contributed by atoms with Gasteiger partial charge in [0, 0.05) is 31.7 Å². The van der Waals surface area contributed by atoms with Crippen molar-refractivity contribution < 1.29 is 18.7 Å². The number of carbonyl (C=O) groups excluding carboxylic acids is 1. The molecule has 1 amide bonds. The summed E-state index contributed by atoms with van der Waals surface area (Å²) in [5.74, 6) is -0.568. The van der Waals surface area contributed by atoms with Gasteiger partial charge in [-0.2, -0.15) is 0 Å². The molecule has 1 heterocycles. The van der Waals surface area contributed by atoms with E-state index in [1.807, 2.05) is 0 Å². The highest BCUT2D eigenvalue weighted by Gasteiger charge is 2.33. The molecule has 0 bridgehead atoms. The number of hydrogen-bond donors (Lipinski definition) is 1. The predicted octanol–water partition coefficient (Wildman–Crippen LogP) is 1.19. The van der Waals surface area contributed by atoms with Crippen LogP contribution in [0.15, 0.2) is 24.3 Å². The highest BCUT2D eigenvalue weighted by Crippen LogP contribution is 2.20. The van der Waals surface area contributed by atoms with Crippen LogP contribution in [0, 0.1) is 5.82 Å². The van der Waals surface area contributed by atoms with Gasteiger partial charge in [-0.3, -0.25) is 9.69 Å². The van der Waals surface area contributed by atoms with Crippen LogP contribution in [0.2, 0.25) is 0 Å². The summed E-state index contributed by atoms with van der Waals surface area (Å²) in [5, 5.41) is 9.19. The van der Waals surface area contributed by atoms with E-state index in [1.54, 1.807) is 30.1 Å². The van der Waals surface area contributed by atoms with E-state index in [1.165, 1.54) is 11.0 Å². The maximum absolute atomic E-state index is 13.6. The van der Waals surface area contributed by atoms with Crippen LogP contribution < -0.4 is 0 Å². The fourth-order valence-corrected chi connectivity index (χ4v) is 2.57. The average Bonchev–Trinajstić information content (AvgIpc) is 2.81. The Bertz CT molecular complexity index is 498. The Hall–Kier alpha value is -1.53. The van der Waals surface area contributed by atoms with Crippen molar-refractivity contribution in [2.24, 2.45) is 0 Å². The van der Waals surface area contributed by atoms with Crippen molar-refractivity contribution >= 4 is 5.91 Å². The van der Waals surface area contributed by atoms with E-state index in [4.69, 9.17) is 0 Å². The van der Waals surface area contributed by atoms with Gasteiger partial charge in [-0.25, -0.2) is 8.78 Å². The highest BCUT2D eigenvalue weighted by atomic mass is 19.1. The number of alkyl halides is 1. The second kappa shape index (κ2) is 6.95. The van der Waals surface area contributed by atoms with Gasteiger partial charge in [0.05, 0.1) is 13.2 Å². The van der Waals surface area contributed by atoms with Gasteiger partial charge >= 0.3 is 0 Å². The summed E-state index contributed by atoms with van der Waals surface area (Å²) < 4.78 is 26.9. The van der Waals surface area contributed by atoms with Crippen LogP contribution >= 0.6 is 0 Å². The van der Waals surface area contributed by atoms with Gasteiger partial charge in [-0.05, 0) is 12.5 Å². The Morgan fingerprint density at radius 1 is 1.48 bits per heavy atom. The van der Waals surface area contributed by atoms with Gasteiger partial charge in [0.1, 0.15) is 12.0 Å². The molecule has 1 aliphatic heterocycles. The quantitative estimate of drug-likeness (QED) is 0.888. The first kappa shape index (κ1) is 15.9. The lowest BCUT2D eigenvalue weighted by molar-refractivity contribution is -0.132. The molecule has 1 aliphatic rings. The van der Waals surface area contributed by atoms with Crippen LogP contribution in [0.1, 0.15) is 12.0 Å². The topological polar surface area (TPSA) is 43.8 Å². The molecule has 4 nitrogen and oxygen atoms in total. The van der Waals surface area contributed by atoms with E-state index >= 15 is 0 Å². The van der Waals surface area contributed by atoms with Crippen LogP contribution in [-0.2, 0) is 11.3 Å². The molecule has 1 aromatic rings. The standard InChI is InChI=1S/C15H20F2N2O2/c1-18(7-11-4-2-3-5-14(11)17)15(21)9-19-8-12(16)6-13(19)10-20/h2-5,12-13,20H,6-10H2,1H3/t12-,13-/m0/s1. The van der Waals surface area contributed by atoms with Gasteiger partial charge in [0.25, 0.3) is 0 Å². The lowest BCUT2D eigenvalue weighted by Crippen LogP contribution is -2.41. The zero-order valence-corrected chi connectivity index (χ0v) is 12.0. The fourth-order valence-electron chi connectivity index (χ4n) is 2.57. The number of halogens is 2. The summed E-state index contributed by atoms with van der Waals surface area (Å²) in [6, 6.07) is 5.98. The normalized spacial score (nSPS) is 22.5. The largest absolute Gasteiger partial charge is 0.395 e. The second-order valence-corrected chi connectivity index (χ2v) is 5.44. The van der Waals surface area contributed by atoms with E-state index in [0.29, 0.717) is 5.56 Å². The monoisotopic (exact) mass is 298 g/mol. The molecule has 1 saturated heterocycles. The number of hydrogen-bond acceptors (Lipinski definition) is 3. The Morgan fingerprint density at radius 3 is 2.86 bits per heavy atom. The number of likely N-dealkylation sites (tertiary alicyclic amines) is 1. The van der Waals surface area contributed by atoms with E-state index in [0.717, 1.165) is 0 Å². The third-order valence-corrected chi connectivity index (χ3v) is 3.82. The molecule has 6 heteroatoms. The number of aliphatic hydroxyl groups excluding tert-OH is 1. The van der Waals surface area contributed by atoms with Gasteiger partial charge in [0.15, 0.2) is 0 Å². The van der Waals surface area contributed by atoms with E-state index in [-0.39, 0.29) is 50.4 Å². The first-order chi connectivity index (χ1) is 10.0. The molecule has 1 aromatic carbocycles. The predicted molar refractivity (Wildman–Crippen MR) is 74.8 cm³/mol. The number of nitrogens with zero attached hydrogens (tertiary/aromatic N) is 2. The van der Waals surface area contributed by atoms with Crippen LogP contribution in [0.25, 0.3) is 0 Å². The summed E-state index contributed by atoms with van der Waals surface area (Å²) in [6.45, 7) is 0.202. The van der Waals surface area contributed by atoms with Crippen molar-refractivity contribution in [2.45, 2.75) is 25.2 Å². The van der Waals surface area contributed by atoms with Gasteiger partial charge in [0.2, 0.25) is 5.91 Å². The second-order valence-electron chi connectivity index (χ2n) is 5.44. The fraction of sp³-hybridized carbons (Fsp3) is 0.533. The van der Waals surface area contributed by atoms with E-state index < -0.39 is 6.17 Å². The van der Waals surface area contributed by atoms with Crippen molar-refractivity contribution in [2.75, 3.05) is 26.7 Å². The van der Waals surface area contributed by atoms with Crippen molar-refractivity contribution in [1.29, 1.82) is 0 Å². The molecule has 0 aromatic heterocycles. The summed E-state index contributed by atoms with van der Waals surface area (Å²) in [4.78, 5) is 15.2. The first-order valence-corrected chi connectivity index (χ1v) is 6.97. The molecule has 116 valence electrons. The molecule has 0 aliphatic carbocycles. The molecule has 21 heavy (non-hydrogen) atoms. The van der Waals surface area contributed by atoms with Crippen LogP contribution in [0.5, 0.6) is 0 Å². The van der Waals surface area contributed by atoms with Crippen LogP contribution in [0.3, 0.4) is 0 Å². The SMILES string of the molecule is CN(Cc1ccccc1F)C(=O)CN1C[C@@H](F)C[C@H]1CO. The number of benzene rings is 1. The maximum Gasteiger partial charge on any atom is 0.236 e. The minimum Gasteiger partial charge on any atom is -0.395 e. The summed E-state index contributed by atoms with van der Waals surface area (Å²) in [7, 11) is 1.59. The molecule has 1 fully saturated rings. The molecule has 2 atom stereocenters. The minimum absolute atomic E-state index is 0.0383. The molecule has 0 radical (unpaired) electrons. The van der Waals surface area contributed by atoms with Crippen molar-refractivity contribution in [1.82, 2.24) is 9.80 Å². The number of amides is 1. The maximum atomic E-state index is 13.6. The Balaban J connectivity index is 1.92. The molecule has 0 saturated carbocycles.